The molecule has 1 fully saturated rings. The van der Waals surface area contributed by atoms with Gasteiger partial charge in [-0.1, -0.05) is 0 Å². The van der Waals surface area contributed by atoms with Crippen LogP contribution in [0.3, 0.4) is 0 Å². The lowest BCUT2D eigenvalue weighted by Crippen LogP contribution is -2.25. The van der Waals surface area contributed by atoms with E-state index in [1.54, 1.807) is 35.8 Å². The first-order valence-corrected chi connectivity index (χ1v) is 7.04. The van der Waals surface area contributed by atoms with Gasteiger partial charge < -0.3 is 14.0 Å². The third-order valence-corrected chi connectivity index (χ3v) is 3.78. The van der Waals surface area contributed by atoms with Crippen molar-refractivity contribution >= 4 is 17.4 Å². The van der Waals surface area contributed by atoms with Gasteiger partial charge in [0.2, 0.25) is 5.91 Å². The molecule has 1 aliphatic heterocycles. The minimum Gasteiger partial charge on any atom is -0.462 e. The third kappa shape index (κ3) is 2.74. The van der Waals surface area contributed by atoms with Gasteiger partial charge in [-0.05, 0) is 19.1 Å². The van der Waals surface area contributed by atoms with Crippen molar-refractivity contribution in [3.8, 4) is 0 Å². The second-order valence-electron chi connectivity index (χ2n) is 5.24. The van der Waals surface area contributed by atoms with Crippen LogP contribution in [0.25, 0.3) is 5.52 Å². The Balaban J connectivity index is 1.60. The number of pyridine rings is 1. The minimum absolute atomic E-state index is 0.0973. The zero-order valence-electron chi connectivity index (χ0n) is 11.9. The van der Waals surface area contributed by atoms with Gasteiger partial charge in [0, 0.05) is 31.6 Å². The van der Waals surface area contributed by atoms with Gasteiger partial charge in [0.25, 0.3) is 0 Å². The largest absolute Gasteiger partial charge is 0.462 e. The molecule has 0 radical (unpaired) electrons. The second-order valence-corrected chi connectivity index (χ2v) is 5.24. The molecule has 2 aromatic rings. The number of hydrogen-bond acceptors (Lipinski definition) is 4. The quantitative estimate of drug-likeness (QED) is 0.796. The van der Waals surface area contributed by atoms with Crippen molar-refractivity contribution in [2.45, 2.75) is 13.3 Å². The highest BCUT2D eigenvalue weighted by molar-refractivity contribution is 5.90. The van der Waals surface area contributed by atoms with E-state index in [0.717, 1.165) is 5.52 Å². The van der Waals surface area contributed by atoms with Crippen LogP contribution >= 0.6 is 0 Å². The number of carbonyl (C=O) groups is 2. The van der Waals surface area contributed by atoms with Crippen LogP contribution in [0.2, 0.25) is 0 Å². The number of fused-ring (bicyclic) bond motifs is 1. The summed E-state index contributed by atoms with van der Waals surface area (Å²) in [5.41, 5.74) is 1.34. The molecular formula is C15H17N3O3. The van der Waals surface area contributed by atoms with Crippen molar-refractivity contribution < 1.29 is 14.3 Å². The predicted octanol–water partition coefficient (Wildman–Crippen LogP) is 1.36. The molecular weight excluding hydrogens is 270 g/mol. The van der Waals surface area contributed by atoms with Crippen molar-refractivity contribution in [2.24, 2.45) is 5.92 Å². The number of rotatable bonds is 4. The highest BCUT2D eigenvalue weighted by Gasteiger charge is 2.29. The van der Waals surface area contributed by atoms with Crippen LogP contribution < -0.4 is 0 Å². The van der Waals surface area contributed by atoms with Crippen LogP contribution in [0, 0.1) is 5.92 Å². The zero-order valence-corrected chi connectivity index (χ0v) is 11.9. The number of likely N-dealkylation sites (tertiary alicyclic amines) is 1. The fourth-order valence-corrected chi connectivity index (χ4v) is 2.59. The Kier molecular flexibility index (Phi) is 3.60. The maximum atomic E-state index is 12.0. The lowest BCUT2D eigenvalue weighted by Gasteiger charge is -2.13. The molecule has 3 rings (SSSR count). The summed E-state index contributed by atoms with van der Waals surface area (Å²) in [6.45, 7) is 3.62. The van der Waals surface area contributed by atoms with E-state index in [1.807, 2.05) is 11.3 Å². The van der Waals surface area contributed by atoms with Crippen LogP contribution in [0.1, 0.15) is 23.7 Å². The standard InChI is InChI=1S/C15H17N3O3/c1-2-17-8-11(5-14(17)19)9-21-15(20)12-3-4-18-10-16-7-13(18)6-12/h3-4,6-7,10-11H,2,5,8-9H2,1H3/t11-/m0/s1. The third-order valence-electron chi connectivity index (χ3n) is 3.78. The molecule has 0 bridgehead atoms. The average molecular weight is 287 g/mol. The summed E-state index contributed by atoms with van der Waals surface area (Å²) in [5.74, 6) is -0.125. The van der Waals surface area contributed by atoms with E-state index in [9.17, 15) is 9.59 Å². The maximum Gasteiger partial charge on any atom is 0.338 e. The van der Waals surface area contributed by atoms with Crippen molar-refractivity contribution in [2.75, 3.05) is 19.7 Å². The van der Waals surface area contributed by atoms with Gasteiger partial charge in [0.05, 0.1) is 30.2 Å². The molecule has 1 saturated heterocycles. The Morgan fingerprint density at radius 3 is 3.14 bits per heavy atom. The number of esters is 1. The Morgan fingerprint density at radius 2 is 2.38 bits per heavy atom. The van der Waals surface area contributed by atoms with E-state index in [4.69, 9.17) is 4.74 Å². The molecule has 2 aromatic heterocycles. The van der Waals surface area contributed by atoms with E-state index in [1.165, 1.54) is 0 Å². The van der Waals surface area contributed by atoms with Gasteiger partial charge in [-0.15, -0.1) is 0 Å². The summed E-state index contributed by atoms with van der Waals surface area (Å²) < 4.78 is 7.16. The molecule has 0 spiro atoms. The summed E-state index contributed by atoms with van der Waals surface area (Å²) in [7, 11) is 0. The number of nitrogens with zero attached hydrogens (tertiary/aromatic N) is 3. The summed E-state index contributed by atoms with van der Waals surface area (Å²) in [6, 6.07) is 3.45. The molecule has 0 aromatic carbocycles. The maximum absolute atomic E-state index is 12.0. The number of aromatic nitrogens is 2. The van der Waals surface area contributed by atoms with Crippen LogP contribution in [-0.2, 0) is 9.53 Å². The van der Waals surface area contributed by atoms with Crippen LogP contribution in [0.15, 0.2) is 30.9 Å². The molecule has 0 unspecified atom stereocenters. The number of carbonyl (C=O) groups excluding carboxylic acids is 2. The van der Waals surface area contributed by atoms with E-state index in [-0.39, 0.29) is 24.4 Å². The molecule has 0 N–H and O–H groups in total. The molecule has 1 amide bonds. The molecule has 110 valence electrons. The Bertz CT molecular complexity index is 680. The molecule has 6 heteroatoms. The SMILES string of the molecule is CCN1C[C@@H](COC(=O)c2ccn3cncc3c2)CC1=O. The summed E-state index contributed by atoms with van der Waals surface area (Å²) in [4.78, 5) is 29.5. The van der Waals surface area contributed by atoms with Gasteiger partial charge in [-0.25, -0.2) is 9.78 Å². The van der Waals surface area contributed by atoms with Crippen molar-refractivity contribution in [1.82, 2.24) is 14.3 Å². The fraction of sp³-hybridized carbons (Fsp3) is 0.400. The fourth-order valence-electron chi connectivity index (χ4n) is 2.59. The number of hydrogen-bond donors (Lipinski definition) is 0. The molecule has 0 saturated carbocycles. The van der Waals surface area contributed by atoms with E-state index in [0.29, 0.717) is 25.1 Å². The molecule has 1 atom stereocenters. The lowest BCUT2D eigenvalue weighted by molar-refractivity contribution is -0.127. The topological polar surface area (TPSA) is 63.9 Å². The van der Waals surface area contributed by atoms with Gasteiger partial charge in [-0.3, -0.25) is 4.79 Å². The normalized spacial score (nSPS) is 18.4. The van der Waals surface area contributed by atoms with E-state index >= 15 is 0 Å². The molecule has 6 nitrogen and oxygen atoms in total. The van der Waals surface area contributed by atoms with Gasteiger partial charge in [-0.2, -0.15) is 0 Å². The van der Waals surface area contributed by atoms with Crippen LogP contribution in [0.4, 0.5) is 0 Å². The second kappa shape index (κ2) is 5.55. The van der Waals surface area contributed by atoms with Crippen molar-refractivity contribution in [1.29, 1.82) is 0 Å². The summed E-state index contributed by atoms with van der Waals surface area (Å²) >= 11 is 0. The molecule has 1 aliphatic rings. The summed E-state index contributed by atoms with van der Waals surface area (Å²) in [6.07, 6.45) is 5.60. The monoisotopic (exact) mass is 287 g/mol. The van der Waals surface area contributed by atoms with Crippen LogP contribution in [0.5, 0.6) is 0 Å². The molecule has 21 heavy (non-hydrogen) atoms. The Hall–Kier alpha value is -2.37. The lowest BCUT2D eigenvalue weighted by atomic mass is 10.1. The smallest absolute Gasteiger partial charge is 0.338 e. The van der Waals surface area contributed by atoms with Gasteiger partial charge in [0.1, 0.15) is 0 Å². The summed E-state index contributed by atoms with van der Waals surface area (Å²) in [5, 5.41) is 0. The number of imidazole rings is 1. The average Bonchev–Trinajstić information content (AvgIpc) is 3.09. The van der Waals surface area contributed by atoms with E-state index < -0.39 is 0 Å². The minimum atomic E-state index is -0.360. The Labute approximate surface area is 122 Å². The molecule has 3 heterocycles. The van der Waals surface area contributed by atoms with E-state index in [2.05, 4.69) is 4.98 Å². The molecule has 0 aliphatic carbocycles. The first kappa shape index (κ1) is 13.6. The van der Waals surface area contributed by atoms with Crippen molar-refractivity contribution in [3.05, 3.63) is 36.4 Å². The van der Waals surface area contributed by atoms with Gasteiger partial charge in [0.15, 0.2) is 0 Å². The van der Waals surface area contributed by atoms with Gasteiger partial charge >= 0.3 is 5.97 Å². The zero-order chi connectivity index (χ0) is 14.8. The Morgan fingerprint density at radius 1 is 1.52 bits per heavy atom. The first-order valence-electron chi connectivity index (χ1n) is 7.04. The highest BCUT2D eigenvalue weighted by Crippen LogP contribution is 2.18. The predicted molar refractivity (Wildman–Crippen MR) is 75.8 cm³/mol. The highest BCUT2D eigenvalue weighted by atomic mass is 16.5. The first-order chi connectivity index (χ1) is 10.2. The van der Waals surface area contributed by atoms with Crippen molar-refractivity contribution in [3.63, 3.8) is 0 Å². The number of ether oxygens (including phenoxy) is 1. The van der Waals surface area contributed by atoms with Crippen LogP contribution in [-0.4, -0.2) is 45.9 Å². The number of amides is 1.